The first kappa shape index (κ1) is 14.2. The van der Waals surface area contributed by atoms with Crippen molar-refractivity contribution in [1.82, 2.24) is 9.80 Å². The Morgan fingerprint density at radius 2 is 1.90 bits per heavy atom. The molecule has 3 fully saturated rings. The molecule has 0 bridgehead atoms. The number of hydrogen-bond donors (Lipinski definition) is 0. The van der Waals surface area contributed by atoms with Crippen molar-refractivity contribution in [3.8, 4) is 0 Å². The molecule has 2 aliphatic heterocycles. The van der Waals surface area contributed by atoms with Crippen molar-refractivity contribution in [2.75, 3.05) is 32.7 Å². The summed E-state index contributed by atoms with van der Waals surface area (Å²) in [6.45, 7) is 9.30. The fourth-order valence-electron chi connectivity index (χ4n) is 3.97. The number of alkyl halides is 2. The van der Waals surface area contributed by atoms with E-state index in [1.54, 1.807) is 4.90 Å². The summed E-state index contributed by atoms with van der Waals surface area (Å²) in [5, 5.41) is 0. The second-order valence-corrected chi connectivity index (χ2v) is 7.53. The third-order valence-corrected chi connectivity index (χ3v) is 4.94. The fraction of sp³-hybridized carbons (Fsp3) is 0.933. The van der Waals surface area contributed by atoms with Gasteiger partial charge in [-0.1, -0.05) is 13.8 Å². The Hall–Kier alpha value is -0.710. The Bertz CT molecular complexity index is 397. The van der Waals surface area contributed by atoms with Gasteiger partial charge in [0.05, 0.1) is 0 Å². The molecule has 2 heterocycles. The third kappa shape index (κ3) is 2.57. The molecule has 3 rings (SSSR count). The molecule has 1 saturated carbocycles. The number of halogens is 2. The van der Waals surface area contributed by atoms with Gasteiger partial charge >= 0.3 is 0 Å². The third-order valence-electron chi connectivity index (χ3n) is 4.94. The predicted molar refractivity (Wildman–Crippen MR) is 72.6 cm³/mol. The van der Waals surface area contributed by atoms with Gasteiger partial charge in [-0.15, -0.1) is 0 Å². The number of hydrogen-bond acceptors (Lipinski definition) is 2. The summed E-state index contributed by atoms with van der Waals surface area (Å²) in [6.07, 6.45) is 0.661. The van der Waals surface area contributed by atoms with E-state index < -0.39 is 11.8 Å². The van der Waals surface area contributed by atoms with Crippen LogP contribution in [0.5, 0.6) is 0 Å². The maximum Gasteiger partial charge on any atom is 0.249 e. The average molecular weight is 286 g/mol. The van der Waals surface area contributed by atoms with Crippen LogP contribution in [0.2, 0.25) is 0 Å². The lowest BCUT2D eigenvalue weighted by atomic mass is 9.75. The molecule has 1 aliphatic carbocycles. The van der Waals surface area contributed by atoms with Crippen LogP contribution in [-0.4, -0.2) is 54.4 Å². The van der Waals surface area contributed by atoms with E-state index in [1.807, 2.05) is 0 Å². The summed E-state index contributed by atoms with van der Waals surface area (Å²) in [7, 11) is 0. The molecule has 3 nitrogen and oxygen atoms in total. The molecular formula is C15H24F2N2O. The quantitative estimate of drug-likeness (QED) is 0.794. The molecule has 3 aliphatic rings. The zero-order valence-corrected chi connectivity index (χ0v) is 12.4. The molecule has 0 aromatic heterocycles. The Morgan fingerprint density at radius 3 is 2.45 bits per heavy atom. The van der Waals surface area contributed by atoms with Crippen molar-refractivity contribution in [3.05, 3.63) is 0 Å². The van der Waals surface area contributed by atoms with Gasteiger partial charge in [-0.25, -0.2) is 8.78 Å². The van der Waals surface area contributed by atoms with Crippen molar-refractivity contribution < 1.29 is 13.6 Å². The van der Waals surface area contributed by atoms with Gasteiger partial charge in [0.25, 0.3) is 0 Å². The second kappa shape index (κ2) is 4.65. The Balaban J connectivity index is 1.46. The van der Waals surface area contributed by atoms with Crippen molar-refractivity contribution in [2.45, 2.75) is 39.0 Å². The summed E-state index contributed by atoms with van der Waals surface area (Å²) in [5.74, 6) is -2.39. The van der Waals surface area contributed by atoms with Gasteiger partial charge in [-0.2, -0.15) is 0 Å². The highest BCUT2D eigenvalue weighted by Crippen LogP contribution is 2.46. The molecule has 0 N–H and O–H groups in total. The Labute approximate surface area is 119 Å². The summed E-state index contributed by atoms with van der Waals surface area (Å²) < 4.78 is 25.6. The highest BCUT2D eigenvalue weighted by molar-refractivity contribution is 5.81. The average Bonchev–Trinajstić information content (AvgIpc) is 2.66. The molecule has 1 spiro atoms. The SMILES string of the molecule is CC(C)CN1CCC2(C1)CN(C(=O)C1CC(F)(F)C1)C2. The van der Waals surface area contributed by atoms with Gasteiger partial charge in [0, 0.05) is 50.4 Å². The van der Waals surface area contributed by atoms with Gasteiger partial charge in [-0.05, 0) is 18.9 Å². The summed E-state index contributed by atoms with van der Waals surface area (Å²) in [5.41, 5.74) is 0.261. The first-order valence-electron chi connectivity index (χ1n) is 7.68. The molecule has 0 atom stereocenters. The van der Waals surface area contributed by atoms with Crippen LogP contribution in [0.25, 0.3) is 0 Å². The van der Waals surface area contributed by atoms with Gasteiger partial charge in [0.1, 0.15) is 0 Å². The number of carbonyl (C=O) groups excluding carboxylic acids is 1. The number of rotatable bonds is 3. The number of likely N-dealkylation sites (tertiary alicyclic amines) is 2. The minimum absolute atomic E-state index is 0.0381. The molecule has 0 radical (unpaired) electrons. The highest BCUT2D eigenvalue weighted by atomic mass is 19.3. The van der Waals surface area contributed by atoms with E-state index in [-0.39, 0.29) is 24.2 Å². The number of nitrogens with zero attached hydrogens (tertiary/aromatic N) is 2. The van der Waals surface area contributed by atoms with E-state index >= 15 is 0 Å². The lowest BCUT2D eigenvalue weighted by Crippen LogP contribution is -2.62. The summed E-state index contributed by atoms with van der Waals surface area (Å²) in [6, 6.07) is 0. The van der Waals surface area contributed by atoms with Crippen molar-refractivity contribution in [2.24, 2.45) is 17.3 Å². The zero-order valence-electron chi connectivity index (χ0n) is 12.4. The van der Waals surface area contributed by atoms with Crippen LogP contribution < -0.4 is 0 Å². The fourth-order valence-corrected chi connectivity index (χ4v) is 3.97. The molecule has 1 amide bonds. The molecule has 0 unspecified atom stereocenters. The first-order valence-corrected chi connectivity index (χ1v) is 7.68. The Kier molecular flexibility index (Phi) is 3.31. The second-order valence-electron chi connectivity index (χ2n) is 7.53. The van der Waals surface area contributed by atoms with Crippen LogP contribution in [0, 0.1) is 17.3 Å². The lowest BCUT2D eigenvalue weighted by Gasteiger charge is -2.50. The number of amides is 1. The van der Waals surface area contributed by atoms with Crippen molar-refractivity contribution in [1.29, 1.82) is 0 Å². The smallest absolute Gasteiger partial charge is 0.249 e. The van der Waals surface area contributed by atoms with E-state index in [2.05, 4.69) is 18.7 Å². The van der Waals surface area contributed by atoms with E-state index in [4.69, 9.17) is 0 Å². The standard InChI is InChI=1S/C15H24F2N2O/c1-11(2)7-18-4-3-14(8-18)9-19(10-14)13(20)12-5-15(16,17)6-12/h11-12H,3-10H2,1-2H3. The first-order chi connectivity index (χ1) is 9.29. The zero-order chi connectivity index (χ0) is 14.5. The minimum atomic E-state index is -2.59. The van der Waals surface area contributed by atoms with Gasteiger partial charge in [0.2, 0.25) is 11.8 Å². The van der Waals surface area contributed by atoms with Crippen LogP contribution >= 0.6 is 0 Å². The van der Waals surface area contributed by atoms with E-state index in [0.717, 1.165) is 39.1 Å². The molecular weight excluding hydrogens is 262 g/mol. The number of carbonyl (C=O) groups is 1. The maximum atomic E-state index is 12.8. The monoisotopic (exact) mass is 286 g/mol. The highest BCUT2D eigenvalue weighted by Gasteiger charge is 2.54. The van der Waals surface area contributed by atoms with Gasteiger partial charge < -0.3 is 9.80 Å². The predicted octanol–water partition coefficient (Wildman–Crippen LogP) is 2.22. The normalized spacial score (nSPS) is 28.8. The molecule has 114 valence electrons. The lowest BCUT2D eigenvalue weighted by molar-refractivity contribution is -0.169. The molecule has 20 heavy (non-hydrogen) atoms. The molecule has 0 aromatic carbocycles. The maximum absolute atomic E-state index is 12.8. The molecule has 5 heteroatoms. The van der Waals surface area contributed by atoms with Gasteiger partial charge in [-0.3, -0.25) is 4.79 Å². The summed E-state index contributed by atoms with van der Waals surface area (Å²) in [4.78, 5) is 16.4. The topological polar surface area (TPSA) is 23.6 Å². The largest absolute Gasteiger partial charge is 0.341 e. The molecule has 2 saturated heterocycles. The van der Waals surface area contributed by atoms with E-state index in [0.29, 0.717) is 5.92 Å². The van der Waals surface area contributed by atoms with Crippen LogP contribution in [0.15, 0.2) is 0 Å². The van der Waals surface area contributed by atoms with Gasteiger partial charge in [0.15, 0.2) is 0 Å². The van der Waals surface area contributed by atoms with Crippen molar-refractivity contribution >= 4 is 5.91 Å². The van der Waals surface area contributed by atoms with E-state index in [1.165, 1.54) is 0 Å². The molecule has 0 aromatic rings. The van der Waals surface area contributed by atoms with Crippen LogP contribution in [-0.2, 0) is 4.79 Å². The van der Waals surface area contributed by atoms with Crippen LogP contribution in [0.4, 0.5) is 8.78 Å². The van der Waals surface area contributed by atoms with Crippen LogP contribution in [0.1, 0.15) is 33.1 Å². The van der Waals surface area contributed by atoms with Crippen molar-refractivity contribution in [3.63, 3.8) is 0 Å². The van der Waals surface area contributed by atoms with E-state index in [9.17, 15) is 13.6 Å². The van der Waals surface area contributed by atoms with Crippen LogP contribution in [0.3, 0.4) is 0 Å². The summed E-state index contributed by atoms with van der Waals surface area (Å²) >= 11 is 0. The Morgan fingerprint density at radius 1 is 1.25 bits per heavy atom. The minimum Gasteiger partial charge on any atom is -0.341 e.